The average Bonchev–Trinajstić information content (AvgIpc) is 3.19. The van der Waals surface area contributed by atoms with Crippen molar-refractivity contribution in [1.29, 1.82) is 0 Å². The molecule has 0 aliphatic carbocycles. The van der Waals surface area contributed by atoms with E-state index in [9.17, 15) is 24.6 Å². The Morgan fingerprint density at radius 1 is 0.583 bits per heavy atom. The zero-order valence-corrected chi connectivity index (χ0v) is 37.6. The fourth-order valence-corrected chi connectivity index (χ4v) is 5.81. The van der Waals surface area contributed by atoms with E-state index < -0.39 is 42.5 Å². The van der Waals surface area contributed by atoms with Gasteiger partial charge in [0.05, 0.1) is 6.61 Å². The van der Waals surface area contributed by atoms with Crippen LogP contribution >= 0.6 is 0 Å². The number of hydrogen-bond acceptors (Lipinski definition) is 8. The van der Waals surface area contributed by atoms with E-state index in [1.165, 1.54) is 44.9 Å². The zero-order chi connectivity index (χ0) is 44.7. The van der Waals surface area contributed by atoms with Gasteiger partial charge in [0.1, 0.15) is 12.2 Å². The van der Waals surface area contributed by atoms with Gasteiger partial charge in [-0.05, 0) is 53.9 Å². The molecule has 0 saturated carbocycles. The van der Waals surface area contributed by atoms with E-state index in [1.54, 1.807) is 38.2 Å². The number of ether oxygens (including phenoxy) is 3. The Morgan fingerprint density at radius 2 is 1.00 bits per heavy atom. The molecule has 0 aromatic rings. The van der Waals surface area contributed by atoms with Crippen LogP contribution in [0.4, 0.5) is 0 Å². The molecule has 1 heterocycles. The number of carbonyl (C=O) groups is 3. The lowest BCUT2D eigenvalue weighted by molar-refractivity contribution is -0.267. The van der Waals surface area contributed by atoms with Crippen molar-refractivity contribution in [3.05, 3.63) is 131 Å². The summed E-state index contributed by atoms with van der Waals surface area (Å²) in [6.45, 7) is 15.3. The van der Waals surface area contributed by atoms with Crippen molar-refractivity contribution in [2.45, 2.75) is 157 Å². The summed E-state index contributed by atoms with van der Waals surface area (Å²) in [5.74, 6) is -1.37. The summed E-state index contributed by atoms with van der Waals surface area (Å²) in [6, 6.07) is 0. The molecule has 9 nitrogen and oxygen atoms in total. The van der Waals surface area contributed by atoms with Crippen molar-refractivity contribution >= 4 is 17.9 Å². The second-order valence-corrected chi connectivity index (χ2v) is 16.1. The third-order valence-electron chi connectivity index (χ3n) is 9.67. The normalized spacial score (nSPS) is 20.5. The first-order valence-corrected chi connectivity index (χ1v) is 21.6. The van der Waals surface area contributed by atoms with Crippen LogP contribution < -0.4 is 0 Å². The highest BCUT2D eigenvalue weighted by Crippen LogP contribution is 2.22. The Balaban J connectivity index is 2.56. The second-order valence-electron chi connectivity index (χ2n) is 16.1. The lowest BCUT2D eigenvalue weighted by Gasteiger charge is -2.36. The van der Waals surface area contributed by atoms with Crippen LogP contribution in [0, 0.1) is 5.92 Å². The molecule has 1 rings (SSSR count). The van der Waals surface area contributed by atoms with Crippen LogP contribution in [0.3, 0.4) is 0 Å². The standard InChI is InChI=1S/C51H74O9/c1-38(2)25-17-15-13-11-9-10-12-14-16-18-36-46(53)59-48-47(54)45(52)37-58-51(48)60-50(57)44(8)35-24-33-42(6)31-22-29-40(4)27-20-19-26-39(3)28-21-30-41(5)32-23-34-43(7)49(55)56/h19-24,26-35,38,45,47-48,51-52,54H,9-18,25,36-37H2,1-8H3,(H,55,56)/b20-19+,28-21+,29-22+,32-23+,33-24+,39-26+,40-27+,41-30+,42-31+,43-34+,44-35+/t45-,47-,48+,51+/m1/s1. The van der Waals surface area contributed by atoms with Gasteiger partial charge in [0.2, 0.25) is 6.29 Å². The summed E-state index contributed by atoms with van der Waals surface area (Å²) < 4.78 is 16.5. The van der Waals surface area contributed by atoms with E-state index in [2.05, 4.69) is 13.8 Å². The van der Waals surface area contributed by atoms with Crippen LogP contribution in [0.15, 0.2) is 131 Å². The van der Waals surface area contributed by atoms with Crippen LogP contribution in [-0.4, -0.2) is 64.4 Å². The number of allylic oxidation sites excluding steroid dienone is 20. The van der Waals surface area contributed by atoms with E-state index in [1.807, 2.05) is 101 Å². The molecule has 0 unspecified atom stereocenters. The number of carboxylic acid groups (broad SMARTS) is 1. The van der Waals surface area contributed by atoms with Crippen molar-refractivity contribution in [1.82, 2.24) is 0 Å². The first-order valence-electron chi connectivity index (χ1n) is 21.6. The summed E-state index contributed by atoms with van der Waals surface area (Å²) in [5, 5.41) is 29.7. The molecular weight excluding hydrogens is 757 g/mol. The van der Waals surface area contributed by atoms with Crippen molar-refractivity contribution < 1.29 is 43.9 Å². The van der Waals surface area contributed by atoms with Gasteiger partial charge in [0.15, 0.2) is 6.10 Å². The molecule has 1 aliphatic rings. The Morgan fingerprint density at radius 3 is 1.47 bits per heavy atom. The Kier molecular flexibility index (Phi) is 28.7. The minimum atomic E-state index is -1.45. The van der Waals surface area contributed by atoms with Crippen LogP contribution in [-0.2, 0) is 28.6 Å². The van der Waals surface area contributed by atoms with E-state index in [4.69, 9.17) is 19.3 Å². The molecule has 0 radical (unpaired) electrons. The third-order valence-corrected chi connectivity index (χ3v) is 9.67. The van der Waals surface area contributed by atoms with Gasteiger partial charge < -0.3 is 29.5 Å². The smallest absolute Gasteiger partial charge is 0.336 e. The summed E-state index contributed by atoms with van der Waals surface area (Å²) in [5.41, 5.74) is 4.65. The lowest BCUT2D eigenvalue weighted by Crippen LogP contribution is -2.56. The van der Waals surface area contributed by atoms with Crippen molar-refractivity contribution in [2.75, 3.05) is 6.61 Å². The summed E-state index contributed by atoms with van der Waals surface area (Å²) in [4.78, 5) is 36.4. The summed E-state index contributed by atoms with van der Waals surface area (Å²) >= 11 is 0. The van der Waals surface area contributed by atoms with Gasteiger partial charge >= 0.3 is 17.9 Å². The van der Waals surface area contributed by atoms with Gasteiger partial charge in [-0.15, -0.1) is 0 Å². The average molecular weight is 831 g/mol. The van der Waals surface area contributed by atoms with E-state index in [0.29, 0.717) is 6.42 Å². The van der Waals surface area contributed by atoms with Gasteiger partial charge in [-0.1, -0.05) is 198 Å². The molecule has 60 heavy (non-hydrogen) atoms. The van der Waals surface area contributed by atoms with E-state index in [-0.39, 0.29) is 24.2 Å². The topological polar surface area (TPSA) is 140 Å². The Bertz CT molecular complexity index is 1660. The number of rotatable bonds is 27. The molecule has 0 aromatic carbocycles. The van der Waals surface area contributed by atoms with E-state index in [0.717, 1.165) is 47.5 Å². The number of unbranched alkanes of at least 4 members (excludes halogenated alkanes) is 9. The van der Waals surface area contributed by atoms with Crippen molar-refractivity contribution in [2.24, 2.45) is 5.92 Å². The molecule has 0 amide bonds. The van der Waals surface area contributed by atoms with E-state index >= 15 is 0 Å². The highest BCUT2D eigenvalue weighted by molar-refractivity contribution is 5.88. The quantitative estimate of drug-likeness (QED) is 0.0319. The second kappa shape index (κ2) is 32.2. The van der Waals surface area contributed by atoms with Crippen LogP contribution in [0.5, 0.6) is 0 Å². The maximum atomic E-state index is 12.9. The van der Waals surface area contributed by atoms with Crippen LogP contribution in [0.1, 0.15) is 132 Å². The van der Waals surface area contributed by atoms with Crippen molar-refractivity contribution in [3.8, 4) is 0 Å². The minimum Gasteiger partial charge on any atom is -0.478 e. The number of carbonyl (C=O) groups excluding carboxylic acids is 2. The number of esters is 2. The fourth-order valence-electron chi connectivity index (χ4n) is 5.81. The predicted molar refractivity (Wildman–Crippen MR) is 244 cm³/mol. The van der Waals surface area contributed by atoms with Crippen molar-refractivity contribution in [3.63, 3.8) is 0 Å². The zero-order valence-electron chi connectivity index (χ0n) is 37.6. The highest BCUT2D eigenvalue weighted by atomic mass is 16.7. The van der Waals surface area contributed by atoms with Gasteiger partial charge in [-0.25, -0.2) is 9.59 Å². The number of hydrogen-bond donors (Lipinski definition) is 3. The summed E-state index contributed by atoms with van der Waals surface area (Å²) in [6.07, 6.45) is 37.6. The number of carboxylic acids is 1. The number of aliphatic carboxylic acids is 1. The third kappa shape index (κ3) is 26.5. The molecule has 4 atom stereocenters. The molecule has 0 aromatic heterocycles. The molecule has 0 spiro atoms. The van der Waals surface area contributed by atoms with Crippen LogP contribution in [0.2, 0.25) is 0 Å². The predicted octanol–water partition coefficient (Wildman–Crippen LogP) is 11.4. The Hall–Kier alpha value is -4.57. The maximum Gasteiger partial charge on any atom is 0.336 e. The van der Waals surface area contributed by atoms with Gasteiger partial charge in [0, 0.05) is 17.6 Å². The van der Waals surface area contributed by atoms with Gasteiger partial charge in [0.25, 0.3) is 0 Å². The van der Waals surface area contributed by atoms with Gasteiger partial charge in [-0.3, -0.25) is 4.79 Å². The molecule has 0 bridgehead atoms. The first-order chi connectivity index (χ1) is 28.6. The molecule has 1 aliphatic heterocycles. The summed E-state index contributed by atoms with van der Waals surface area (Å²) in [7, 11) is 0. The molecule has 1 fully saturated rings. The molecule has 332 valence electrons. The fraction of sp³-hybridized carbons (Fsp3) is 0.510. The highest BCUT2D eigenvalue weighted by Gasteiger charge is 2.43. The van der Waals surface area contributed by atoms with Crippen LogP contribution in [0.25, 0.3) is 0 Å². The number of aliphatic hydroxyl groups is 2. The van der Waals surface area contributed by atoms with Gasteiger partial charge in [-0.2, -0.15) is 0 Å². The SMILES string of the molecule is CC(/C=C/C=C(C)/C=C/C=C(\C)C(=O)O)=C\C=C\C=C(C)\C=C\C=C(C)\C=C\C=C(/C)C(=O)O[C@@H]1OC[C@@H](O)[C@@H](O)[C@@H]1OC(=O)CCCCCCCCCCCCC(C)C. The Labute approximate surface area is 361 Å². The minimum absolute atomic E-state index is 0.169. The lowest BCUT2D eigenvalue weighted by atomic mass is 10.0. The maximum absolute atomic E-state index is 12.9. The monoisotopic (exact) mass is 831 g/mol. The molecular formula is C51H74O9. The first kappa shape index (κ1) is 53.4. The molecule has 9 heteroatoms. The number of aliphatic hydroxyl groups excluding tert-OH is 2. The molecule has 3 N–H and O–H groups in total. The molecule has 1 saturated heterocycles. The largest absolute Gasteiger partial charge is 0.478 e.